The summed E-state index contributed by atoms with van der Waals surface area (Å²) in [5.74, 6) is 0.0291. The van der Waals surface area contributed by atoms with Crippen LogP contribution in [-0.4, -0.2) is 34.7 Å². The first kappa shape index (κ1) is 20.0. The number of hydrogen-bond donors (Lipinski definition) is 0. The molecule has 2 heterocycles. The van der Waals surface area contributed by atoms with E-state index >= 15 is 0 Å². The first-order valence-corrected chi connectivity index (χ1v) is 10.2. The molecule has 0 aliphatic carbocycles. The van der Waals surface area contributed by atoms with Gasteiger partial charge in [-0.2, -0.15) is 0 Å². The highest BCUT2D eigenvalue weighted by Gasteiger charge is 2.42. The van der Waals surface area contributed by atoms with Crippen LogP contribution in [0.1, 0.15) is 17.5 Å². The summed E-state index contributed by atoms with van der Waals surface area (Å²) >= 11 is 6.03. The molecule has 5 nitrogen and oxygen atoms in total. The quantitative estimate of drug-likeness (QED) is 0.539. The Bertz CT molecular complexity index is 914. The number of aromatic nitrogens is 2. The highest BCUT2D eigenvalue weighted by atomic mass is 35.5. The lowest BCUT2D eigenvalue weighted by molar-refractivity contribution is -0.184. The van der Waals surface area contributed by atoms with Gasteiger partial charge in [-0.05, 0) is 37.1 Å². The van der Waals surface area contributed by atoms with Crippen LogP contribution in [0.4, 0.5) is 0 Å². The van der Waals surface area contributed by atoms with Gasteiger partial charge < -0.3 is 18.8 Å². The van der Waals surface area contributed by atoms with Crippen molar-refractivity contribution in [3.8, 4) is 5.75 Å². The Labute approximate surface area is 176 Å². The molecule has 2 aromatic carbocycles. The van der Waals surface area contributed by atoms with Crippen LogP contribution >= 0.6 is 11.6 Å². The molecular formula is C23H25ClN2O3. The summed E-state index contributed by atoms with van der Waals surface area (Å²) in [4.78, 5) is 4.14. The molecule has 2 unspecified atom stereocenters. The lowest BCUT2D eigenvalue weighted by Crippen LogP contribution is -2.37. The first-order chi connectivity index (χ1) is 14.1. The highest BCUT2D eigenvalue weighted by Crippen LogP contribution is 2.31. The summed E-state index contributed by atoms with van der Waals surface area (Å²) in [5.41, 5.74) is 2.53. The molecule has 2 atom stereocenters. The van der Waals surface area contributed by atoms with Gasteiger partial charge in [-0.25, -0.2) is 4.98 Å². The zero-order valence-electron chi connectivity index (χ0n) is 16.5. The van der Waals surface area contributed by atoms with E-state index in [1.54, 1.807) is 18.6 Å². The van der Waals surface area contributed by atoms with E-state index in [2.05, 4.69) is 36.2 Å². The van der Waals surface area contributed by atoms with Crippen molar-refractivity contribution < 1.29 is 14.2 Å². The second kappa shape index (κ2) is 8.99. The number of ether oxygens (including phenoxy) is 3. The van der Waals surface area contributed by atoms with Gasteiger partial charge in [0, 0.05) is 23.8 Å². The highest BCUT2D eigenvalue weighted by molar-refractivity contribution is 6.30. The van der Waals surface area contributed by atoms with Crippen molar-refractivity contribution in [3.05, 3.63) is 83.4 Å². The van der Waals surface area contributed by atoms with Crippen LogP contribution in [0.15, 0.2) is 67.3 Å². The van der Waals surface area contributed by atoms with Crippen molar-refractivity contribution in [2.45, 2.75) is 38.2 Å². The van der Waals surface area contributed by atoms with Crippen LogP contribution < -0.4 is 4.74 Å². The average Bonchev–Trinajstić information content (AvgIpc) is 3.37. The summed E-state index contributed by atoms with van der Waals surface area (Å²) in [6.07, 6.45) is 6.96. The van der Waals surface area contributed by atoms with Crippen LogP contribution in [0.2, 0.25) is 5.02 Å². The molecule has 1 aromatic heterocycles. The number of imidazole rings is 1. The van der Waals surface area contributed by atoms with E-state index in [9.17, 15) is 0 Å². The molecule has 152 valence electrons. The number of rotatable bonds is 8. The fraction of sp³-hybridized carbons (Fsp3) is 0.348. The van der Waals surface area contributed by atoms with Crippen molar-refractivity contribution in [1.29, 1.82) is 0 Å². The molecule has 1 saturated heterocycles. The van der Waals surface area contributed by atoms with Crippen molar-refractivity contribution in [2.75, 3.05) is 13.2 Å². The van der Waals surface area contributed by atoms with Gasteiger partial charge in [0.15, 0.2) is 5.79 Å². The Morgan fingerprint density at radius 3 is 2.86 bits per heavy atom. The van der Waals surface area contributed by atoms with E-state index in [1.807, 2.05) is 29.0 Å². The van der Waals surface area contributed by atoms with Crippen LogP contribution in [0.25, 0.3) is 0 Å². The maximum atomic E-state index is 6.39. The molecule has 0 spiro atoms. The molecule has 1 aliphatic heterocycles. The maximum absolute atomic E-state index is 6.39. The van der Waals surface area contributed by atoms with Crippen molar-refractivity contribution >= 4 is 11.6 Å². The molecule has 1 aliphatic rings. The van der Waals surface area contributed by atoms with Crippen molar-refractivity contribution in [1.82, 2.24) is 9.55 Å². The number of hydrogen-bond acceptors (Lipinski definition) is 4. The predicted molar refractivity (Wildman–Crippen MR) is 112 cm³/mol. The Balaban J connectivity index is 1.41. The van der Waals surface area contributed by atoms with Crippen molar-refractivity contribution in [3.63, 3.8) is 0 Å². The molecule has 29 heavy (non-hydrogen) atoms. The van der Waals surface area contributed by atoms with E-state index < -0.39 is 5.79 Å². The Morgan fingerprint density at radius 1 is 1.24 bits per heavy atom. The zero-order valence-corrected chi connectivity index (χ0v) is 17.2. The Kier molecular flexibility index (Phi) is 6.19. The molecule has 0 N–H and O–H groups in total. The Morgan fingerprint density at radius 2 is 2.10 bits per heavy atom. The standard InChI is InChI=1S/C23H25ClN2O3/c1-18-5-7-19(8-6-18)9-10-23(16-26-12-11-25-17-26)28-15-22(29-23)14-27-21-4-2-3-20(24)13-21/h2-8,11-13,17,22H,9-10,14-16H2,1H3. The van der Waals surface area contributed by atoms with Gasteiger partial charge in [-0.15, -0.1) is 0 Å². The summed E-state index contributed by atoms with van der Waals surface area (Å²) in [6, 6.07) is 16.0. The third-order valence-corrected chi connectivity index (χ3v) is 5.28. The number of benzene rings is 2. The second-order valence-electron chi connectivity index (χ2n) is 7.45. The predicted octanol–water partition coefficient (Wildman–Crippen LogP) is 4.67. The fourth-order valence-electron chi connectivity index (χ4n) is 3.49. The van der Waals surface area contributed by atoms with Gasteiger partial charge in [0.1, 0.15) is 18.5 Å². The van der Waals surface area contributed by atoms with Gasteiger partial charge in [0.05, 0.1) is 19.5 Å². The molecule has 4 rings (SSSR count). The van der Waals surface area contributed by atoms with Gasteiger partial charge in [-0.3, -0.25) is 0 Å². The molecule has 0 bridgehead atoms. The third kappa shape index (κ3) is 5.38. The van der Waals surface area contributed by atoms with Crippen LogP contribution in [0, 0.1) is 6.92 Å². The molecule has 6 heteroatoms. The van der Waals surface area contributed by atoms with E-state index in [1.165, 1.54) is 11.1 Å². The SMILES string of the molecule is Cc1ccc(CCC2(Cn3ccnc3)OCC(COc3cccc(Cl)c3)O2)cc1. The van der Waals surface area contributed by atoms with E-state index in [4.69, 9.17) is 25.8 Å². The van der Waals surface area contributed by atoms with Crippen LogP contribution in [0.5, 0.6) is 5.75 Å². The van der Waals surface area contributed by atoms with Gasteiger partial charge in [0.25, 0.3) is 0 Å². The van der Waals surface area contributed by atoms with Gasteiger partial charge >= 0.3 is 0 Å². The van der Waals surface area contributed by atoms with E-state index in [0.717, 1.165) is 18.6 Å². The lowest BCUT2D eigenvalue weighted by atomic mass is 10.0. The number of halogens is 1. The van der Waals surface area contributed by atoms with Gasteiger partial charge in [0.2, 0.25) is 0 Å². The molecule has 1 fully saturated rings. The molecule has 3 aromatic rings. The topological polar surface area (TPSA) is 45.5 Å². The molecule has 0 saturated carbocycles. The molecular weight excluding hydrogens is 388 g/mol. The van der Waals surface area contributed by atoms with Gasteiger partial charge in [-0.1, -0.05) is 47.5 Å². The second-order valence-corrected chi connectivity index (χ2v) is 7.89. The summed E-state index contributed by atoms with van der Waals surface area (Å²) in [6.45, 7) is 3.59. The zero-order chi connectivity index (χ0) is 20.1. The third-order valence-electron chi connectivity index (χ3n) is 5.04. The monoisotopic (exact) mass is 412 g/mol. The fourth-order valence-corrected chi connectivity index (χ4v) is 3.67. The van der Waals surface area contributed by atoms with E-state index in [-0.39, 0.29) is 6.10 Å². The largest absolute Gasteiger partial charge is 0.491 e. The average molecular weight is 413 g/mol. The minimum Gasteiger partial charge on any atom is -0.491 e. The van der Waals surface area contributed by atoms with Crippen LogP contribution in [0.3, 0.4) is 0 Å². The number of aryl methyl sites for hydroxylation is 2. The smallest absolute Gasteiger partial charge is 0.187 e. The summed E-state index contributed by atoms with van der Waals surface area (Å²) in [5, 5.41) is 0.652. The minimum atomic E-state index is -0.700. The molecule has 0 radical (unpaired) electrons. The normalized spacial score (nSPS) is 21.4. The van der Waals surface area contributed by atoms with Crippen LogP contribution in [-0.2, 0) is 22.4 Å². The van der Waals surface area contributed by atoms with Crippen molar-refractivity contribution in [2.24, 2.45) is 0 Å². The Hall–Kier alpha value is -2.34. The van der Waals surface area contributed by atoms with E-state index in [0.29, 0.717) is 24.8 Å². The summed E-state index contributed by atoms with van der Waals surface area (Å²) in [7, 11) is 0. The summed E-state index contributed by atoms with van der Waals surface area (Å²) < 4.78 is 20.5. The lowest BCUT2D eigenvalue weighted by Gasteiger charge is -2.28. The number of nitrogens with zero attached hydrogens (tertiary/aromatic N) is 2. The molecule has 0 amide bonds. The maximum Gasteiger partial charge on any atom is 0.187 e. The first-order valence-electron chi connectivity index (χ1n) is 9.82. The minimum absolute atomic E-state index is 0.143.